The molecule has 1 nitrogen and oxygen atoms in total. The molecule has 2 rings (SSSR count). The van der Waals surface area contributed by atoms with Gasteiger partial charge in [-0.2, -0.15) is 0 Å². The molecule has 0 bridgehead atoms. The van der Waals surface area contributed by atoms with Crippen molar-refractivity contribution in [1.29, 1.82) is 0 Å². The molecule has 0 spiro atoms. The van der Waals surface area contributed by atoms with Crippen LogP contribution in [-0.4, -0.2) is 12.6 Å². The molecule has 0 aliphatic rings. The third-order valence-electron chi connectivity index (χ3n) is 3.12. The first kappa shape index (κ1) is 14.2. The van der Waals surface area contributed by atoms with Gasteiger partial charge in [0, 0.05) is 23.4 Å². The molecule has 3 heteroatoms. The molecule has 0 aliphatic carbocycles. The number of hydrogen-bond acceptors (Lipinski definition) is 2. The lowest BCUT2D eigenvalue weighted by atomic mass is 9.94. The van der Waals surface area contributed by atoms with Crippen LogP contribution < -0.4 is 5.32 Å². The highest BCUT2D eigenvalue weighted by Gasteiger charge is 2.14. The van der Waals surface area contributed by atoms with Crippen LogP contribution in [0.5, 0.6) is 0 Å². The quantitative estimate of drug-likeness (QED) is 0.834. The molecule has 2 aromatic rings. The molecule has 0 amide bonds. The zero-order valence-electron chi connectivity index (χ0n) is 11.4. The Hall–Kier alpha value is -1.19. The van der Waals surface area contributed by atoms with Gasteiger partial charge < -0.3 is 5.32 Å². The molecule has 0 radical (unpaired) electrons. The summed E-state index contributed by atoms with van der Waals surface area (Å²) in [6.45, 7) is 5.14. The van der Waals surface area contributed by atoms with E-state index in [9.17, 15) is 4.39 Å². The molecule has 0 aliphatic heterocycles. The van der Waals surface area contributed by atoms with Crippen molar-refractivity contribution in [3.63, 3.8) is 0 Å². The molecule has 0 saturated carbocycles. The van der Waals surface area contributed by atoms with E-state index in [1.165, 1.54) is 10.9 Å². The monoisotopic (exact) mass is 277 g/mol. The molecule has 1 aromatic heterocycles. The predicted molar refractivity (Wildman–Crippen MR) is 80.3 cm³/mol. The average Bonchev–Trinajstić information content (AvgIpc) is 2.87. The van der Waals surface area contributed by atoms with Crippen molar-refractivity contribution in [2.24, 2.45) is 0 Å². The van der Waals surface area contributed by atoms with Crippen molar-refractivity contribution in [2.45, 2.75) is 32.2 Å². The highest BCUT2D eigenvalue weighted by Crippen LogP contribution is 2.23. The molecule has 0 fully saturated rings. The summed E-state index contributed by atoms with van der Waals surface area (Å²) in [5.41, 5.74) is 1.07. The maximum absolute atomic E-state index is 13.4. The zero-order chi connectivity index (χ0) is 13.7. The van der Waals surface area contributed by atoms with Gasteiger partial charge in [-0.05, 0) is 35.6 Å². The summed E-state index contributed by atoms with van der Waals surface area (Å²) in [6, 6.07) is 11.6. The molecule has 102 valence electrons. The predicted octanol–water partition coefficient (Wildman–Crippen LogP) is 4.21. The molecule has 1 heterocycles. The van der Waals surface area contributed by atoms with E-state index in [0.717, 1.165) is 18.5 Å². The van der Waals surface area contributed by atoms with Crippen LogP contribution in [0.3, 0.4) is 0 Å². The van der Waals surface area contributed by atoms with Crippen LogP contribution in [0.1, 0.15) is 30.2 Å². The van der Waals surface area contributed by atoms with Gasteiger partial charge >= 0.3 is 0 Å². The molecule has 19 heavy (non-hydrogen) atoms. The first-order chi connectivity index (χ1) is 9.15. The Morgan fingerprint density at radius 3 is 2.68 bits per heavy atom. The van der Waals surface area contributed by atoms with Crippen LogP contribution in [0.4, 0.5) is 4.39 Å². The summed E-state index contributed by atoms with van der Waals surface area (Å²) in [7, 11) is 0. The maximum Gasteiger partial charge on any atom is 0.123 e. The normalized spacial score (nSPS) is 12.8. The van der Waals surface area contributed by atoms with Gasteiger partial charge in [-0.15, -0.1) is 11.3 Å². The lowest BCUT2D eigenvalue weighted by Gasteiger charge is -2.19. The van der Waals surface area contributed by atoms with Crippen molar-refractivity contribution in [3.05, 3.63) is 58.0 Å². The van der Waals surface area contributed by atoms with Gasteiger partial charge in [0.25, 0.3) is 0 Å². The molecule has 1 aromatic carbocycles. The minimum Gasteiger partial charge on any atom is -0.314 e. The van der Waals surface area contributed by atoms with E-state index >= 15 is 0 Å². The third kappa shape index (κ3) is 4.44. The molecular weight excluding hydrogens is 257 g/mol. The van der Waals surface area contributed by atoms with Gasteiger partial charge in [-0.25, -0.2) is 4.39 Å². The number of halogens is 1. The Morgan fingerprint density at radius 1 is 1.21 bits per heavy atom. The second kappa shape index (κ2) is 6.83. The summed E-state index contributed by atoms with van der Waals surface area (Å²) in [5.74, 6) is 0.162. The third-order valence-corrected chi connectivity index (χ3v) is 4.02. The summed E-state index contributed by atoms with van der Waals surface area (Å²) < 4.78 is 13.4. The van der Waals surface area contributed by atoms with E-state index in [-0.39, 0.29) is 5.82 Å². The fraction of sp³-hybridized carbons (Fsp3) is 0.375. The van der Waals surface area contributed by atoms with Crippen LogP contribution in [-0.2, 0) is 6.42 Å². The van der Waals surface area contributed by atoms with Crippen LogP contribution in [0.15, 0.2) is 41.8 Å². The number of benzene rings is 1. The van der Waals surface area contributed by atoms with E-state index in [0.29, 0.717) is 12.0 Å². The Bertz CT molecular complexity index is 493. The molecule has 1 atom stereocenters. The Morgan fingerprint density at radius 2 is 2.05 bits per heavy atom. The van der Waals surface area contributed by atoms with Crippen molar-refractivity contribution in [2.75, 3.05) is 6.54 Å². The SMILES string of the molecule is CC(C)NCC(Cc1cccs1)c1cccc(F)c1. The standard InChI is InChI=1S/C16H20FNS/c1-12(2)18-11-14(10-16-7-4-8-19-16)13-5-3-6-15(17)9-13/h3-9,12,14,18H,10-11H2,1-2H3. The smallest absolute Gasteiger partial charge is 0.123 e. The van der Waals surface area contributed by atoms with Crippen molar-refractivity contribution in [3.8, 4) is 0 Å². The van der Waals surface area contributed by atoms with Gasteiger partial charge in [0.2, 0.25) is 0 Å². The van der Waals surface area contributed by atoms with Gasteiger partial charge in [-0.3, -0.25) is 0 Å². The van der Waals surface area contributed by atoms with Crippen molar-refractivity contribution >= 4 is 11.3 Å². The fourth-order valence-electron chi connectivity index (χ4n) is 2.12. The summed E-state index contributed by atoms with van der Waals surface area (Å²) in [4.78, 5) is 1.35. The zero-order valence-corrected chi connectivity index (χ0v) is 12.2. The van der Waals surface area contributed by atoms with Gasteiger partial charge in [0.05, 0.1) is 0 Å². The molecule has 1 unspecified atom stereocenters. The molecular formula is C16H20FNS. The molecule has 0 saturated heterocycles. The summed E-state index contributed by atoms with van der Waals surface area (Å²) >= 11 is 1.76. The topological polar surface area (TPSA) is 12.0 Å². The second-order valence-electron chi connectivity index (χ2n) is 5.10. The summed E-state index contributed by atoms with van der Waals surface area (Å²) in [5, 5.41) is 5.55. The van der Waals surface area contributed by atoms with Crippen molar-refractivity contribution in [1.82, 2.24) is 5.32 Å². The fourth-order valence-corrected chi connectivity index (χ4v) is 2.90. The van der Waals surface area contributed by atoms with Crippen LogP contribution in [0.2, 0.25) is 0 Å². The average molecular weight is 277 g/mol. The maximum atomic E-state index is 13.4. The van der Waals surface area contributed by atoms with Crippen LogP contribution in [0.25, 0.3) is 0 Å². The number of thiophene rings is 1. The minimum absolute atomic E-state index is 0.154. The number of hydrogen-bond donors (Lipinski definition) is 1. The van der Waals surface area contributed by atoms with E-state index in [2.05, 4.69) is 36.7 Å². The van der Waals surface area contributed by atoms with Crippen LogP contribution >= 0.6 is 11.3 Å². The summed E-state index contributed by atoms with van der Waals surface area (Å²) in [6.07, 6.45) is 0.959. The van der Waals surface area contributed by atoms with Gasteiger partial charge in [0.1, 0.15) is 5.82 Å². The number of rotatable bonds is 6. The first-order valence-electron chi connectivity index (χ1n) is 6.66. The largest absolute Gasteiger partial charge is 0.314 e. The van der Waals surface area contributed by atoms with Crippen LogP contribution in [0, 0.1) is 5.82 Å². The minimum atomic E-state index is -0.154. The first-order valence-corrected chi connectivity index (χ1v) is 7.54. The van der Waals surface area contributed by atoms with E-state index in [1.807, 2.05) is 6.07 Å². The van der Waals surface area contributed by atoms with E-state index < -0.39 is 0 Å². The highest BCUT2D eigenvalue weighted by molar-refractivity contribution is 7.09. The Balaban J connectivity index is 2.13. The van der Waals surface area contributed by atoms with Crippen molar-refractivity contribution < 1.29 is 4.39 Å². The Labute approximate surface area is 118 Å². The second-order valence-corrected chi connectivity index (χ2v) is 6.13. The highest BCUT2D eigenvalue weighted by atomic mass is 32.1. The molecule has 1 N–H and O–H groups in total. The Kier molecular flexibility index (Phi) is 5.11. The van der Waals surface area contributed by atoms with Gasteiger partial charge in [0.15, 0.2) is 0 Å². The van der Waals surface area contributed by atoms with E-state index in [1.54, 1.807) is 23.5 Å². The van der Waals surface area contributed by atoms with Gasteiger partial charge in [-0.1, -0.05) is 32.0 Å². The van der Waals surface area contributed by atoms with E-state index in [4.69, 9.17) is 0 Å². The number of nitrogens with one attached hydrogen (secondary N) is 1. The lowest BCUT2D eigenvalue weighted by molar-refractivity contribution is 0.525. The lowest BCUT2D eigenvalue weighted by Crippen LogP contribution is -2.28.